The van der Waals surface area contributed by atoms with Gasteiger partial charge in [0.2, 0.25) is 5.91 Å². The summed E-state index contributed by atoms with van der Waals surface area (Å²) in [4.78, 5) is 26.0. The third-order valence-electron chi connectivity index (χ3n) is 5.22. The lowest BCUT2D eigenvalue weighted by atomic mass is 10.1. The van der Waals surface area contributed by atoms with Gasteiger partial charge in [-0.1, -0.05) is 24.3 Å². The molecule has 0 unspecified atom stereocenters. The molecule has 6 heteroatoms. The van der Waals surface area contributed by atoms with E-state index in [2.05, 4.69) is 5.32 Å². The molecule has 4 rings (SSSR count). The molecule has 2 heterocycles. The van der Waals surface area contributed by atoms with Crippen LogP contribution in [0.15, 0.2) is 52.9 Å². The number of hydrogen-bond donors (Lipinski definition) is 1. The first-order chi connectivity index (χ1) is 14.0. The van der Waals surface area contributed by atoms with Crippen LogP contribution in [0, 0.1) is 6.92 Å². The largest absolute Gasteiger partial charge is 0.484 e. The molecule has 0 spiro atoms. The van der Waals surface area contributed by atoms with Gasteiger partial charge in [0, 0.05) is 35.7 Å². The number of amides is 2. The van der Waals surface area contributed by atoms with Crippen LogP contribution in [0.25, 0.3) is 11.0 Å². The third-order valence-corrected chi connectivity index (χ3v) is 5.22. The van der Waals surface area contributed by atoms with E-state index >= 15 is 0 Å². The Balaban J connectivity index is 1.37. The zero-order valence-electron chi connectivity index (χ0n) is 16.6. The highest BCUT2D eigenvalue weighted by Crippen LogP contribution is 2.29. The highest BCUT2D eigenvalue weighted by molar-refractivity contribution is 5.95. The van der Waals surface area contributed by atoms with Gasteiger partial charge in [-0.05, 0) is 38.5 Å². The molecule has 0 radical (unpaired) electrons. The Morgan fingerprint density at radius 1 is 1.24 bits per heavy atom. The van der Waals surface area contributed by atoms with E-state index in [0.29, 0.717) is 12.2 Å². The fraction of sp³-hybridized carbons (Fsp3) is 0.304. The number of carbonyl (C=O) groups is 2. The predicted octanol–water partition coefficient (Wildman–Crippen LogP) is 4.12. The van der Waals surface area contributed by atoms with Crippen molar-refractivity contribution in [3.05, 3.63) is 59.9 Å². The monoisotopic (exact) mass is 392 g/mol. The number of para-hydroxylation sites is 1. The van der Waals surface area contributed by atoms with Gasteiger partial charge >= 0.3 is 0 Å². The minimum Gasteiger partial charge on any atom is -0.484 e. The van der Waals surface area contributed by atoms with E-state index in [4.69, 9.17) is 9.15 Å². The van der Waals surface area contributed by atoms with E-state index in [-0.39, 0.29) is 24.5 Å². The molecule has 1 fully saturated rings. The summed E-state index contributed by atoms with van der Waals surface area (Å²) in [6.07, 6.45) is 1.44. The van der Waals surface area contributed by atoms with Gasteiger partial charge in [0.15, 0.2) is 6.61 Å². The van der Waals surface area contributed by atoms with Crippen LogP contribution in [-0.4, -0.2) is 25.0 Å². The van der Waals surface area contributed by atoms with E-state index in [9.17, 15) is 9.59 Å². The molecule has 1 saturated heterocycles. The fourth-order valence-electron chi connectivity index (χ4n) is 3.77. The summed E-state index contributed by atoms with van der Waals surface area (Å²) in [5.41, 5.74) is 2.64. The van der Waals surface area contributed by atoms with Crippen molar-refractivity contribution in [1.29, 1.82) is 0 Å². The van der Waals surface area contributed by atoms with Crippen molar-refractivity contribution in [2.24, 2.45) is 0 Å². The van der Waals surface area contributed by atoms with Crippen LogP contribution in [0.4, 0.5) is 5.69 Å². The Bertz CT molecular complexity index is 1060. The van der Waals surface area contributed by atoms with Crippen molar-refractivity contribution in [2.45, 2.75) is 32.7 Å². The first kappa shape index (κ1) is 19.1. The van der Waals surface area contributed by atoms with Crippen LogP contribution < -0.4 is 15.0 Å². The molecule has 6 nitrogen and oxygen atoms in total. The summed E-state index contributed by atoms with van der Waals surface area (Å²) in [6, 6.07) is 14.8. The summed E-state index contributed by atoms with van der Waals surface area (Å²) < 4.78 is 11.6. The molecule has 1 aromatic heterocycles. The van der Waals surface area contributed by atoms with Crippen molar-refractivity contribution in [2.75, 3.05) is 18.1 Å². The van der Waals surface area contributed by atoms with Gasteiger partial charge in [-0.15, -0.1) is 0 Å². The topological polar surface area (TPSA) is 71.8 Å². The summed E-state index contributed by atoms with van der Waals surface area (Å²) in [5.74, 6) is 1.19. The molecular formula is C23H24N2O4. The van der Waals surface area contributed by atoms with Crippen molar-refractivity contribution in [1.82, 2.24) is 5.32 Å². The minimum absolute atomic E-state index is 0.110. The smallest absolute Gasteiger partial charge is 0.258 e. The van der Waals surface area contributed by atoms with E-state index in [0.717, 1.165) is 40.9 Å². The van der Waals surface area contributed by atoms with E-state index < -0.39 is 0 Å². The molecule has 1 aliphatic rings. The number of rotatable bonds is 6. The van der Waals surface area contributed by atoms with E-state index in [1.54, 1.807) is 17.0 Å². The lowest BCUT2D eigenvalue weighted by Gasteiger charge is -2.17. The molecule has 1 atom stereocenters. The molecule has 0 aliphatic carbocycles. The number of ether oxygens (including phenoxy) is 1. The second-order valence-electron chi connectivity index (χ2n) is 7.31. The summed E-state index contributed by atoms with van der Waals surface area (Å²) >= 11 is 0. The number of carbonyl (C=O) groups excluding carboxylic acids is 2. The Labute approximate surface area is 169 Å². The molecule has 0 bridgehead atoms. The SMILES string of the molecule is Cc1c([C@H](C)NC(=O)COc2cccc(N3CCCC3=O)c2)oc2ccccc12. The number of nitrogens with one attached hydrogen (secondary N) is 1. The Kier molecular flexibility index (Phi) is 5.25. The Morgan fingerprint density at radius 2 is 2.07 bits per heavy atom. The maximum Gasteiger partial charge on any atom is 0.258 e. The average Bonchev–Trinajstić information content (AvgIpc) is 3.30. The normalized spacial score (nSPS) is 15.0. The van der Waals surface area contributed by atoms with Crippen LogP contribution in [0.5, 0.6) is 5.75 Å². The van der Waals surface area contributed by atoms with Gasteiger partial charge in [0.1, 0.15) is 17.1 Å². The van der Waals surface area contributed by atoms with Gasteiger partial charge in [0.05, 0.1) is 6.04 Å². The second-order valence-corrected chi connectivity index (χ2v) is 7.31. The number of hydrogen-bond acceptors (Lipinski definition) is 4. The standard InChI is InChI=1S/C23H24N2O4/c1-15-19-9-3-4-10-20(19)29-23(15)16(2)24-21(26)14-28-18-8-5-7-17(13-18)25-12-6-11-22(25)27/h3-5,7-10,13,16H,6,11-12,14H2,1-2H3,(H,24,26)/t16-/m0/s1. The van der Waals surface area contributed by atoms with E-state index in [1.165, 1.54) is 0 Å². The molecule has 1 aliphatic heterocycles. The molecule has 1 N–H and O–H groups in total. The van der Waals surface area contributed by atoms with Crippen molar-refractivity contribution in [3.63, 3.8) is 0 Å². The molecule has 0 saturated carbocycles. The zero-order valence-corrected chi connectivity index (χ0v) is 16.6. The van der Waals surface area contributed by atoms with Crippen LogP contribution in [0.2, 0.25) is 0 Å². The Hall–Kier alpha value is -3.28. The first-order valence-electron chi connectivity index (χ1n) is 9.83. The van der Waals surface area contributed by atoms with Crippen LogP contribution >= 0.6 is 0 Å². The van der Waals surface area contributed by atoms with Gasteiger partial charge < -0.3 is 19.4 Å². The summed E-state index contributed by atoms with van der Waals surface area (Å²) in [5, 5.41) is 3.97. The Morgan fingerprint density at radius 3 is 2.83 bits per heavy atom. The van der Waals surface area contributed by atoms with Crippen LogP contribution in [0.1, 0.15) is 37.1 Å². The van der Waals surface area contributed by atoms with Gasteiger partial charge in [0.25, 0.3) is 5.91 Å². The van der Waals surface area contributed by atoms with Crippen molar-refractivity contribution in [3.8, 4) is 5.75 Å². The number of benzene rings is 2. The minimum atomic E-state index is -0.271. The lowest BCUT2D eigenvalue weighted by molar-refractivity contribution is -0.124. The molecule has 3 aromatic rings. The maximum absolute atomic E-state index is 12.4. The number of fused-ring (bicyclic) bond motifs is 1. The van der Waals surface area contributed by atoms with Crippen molar-refractivity contribution >= 4 is 28.5 Å². The summed E-state index contributed by atoms with van der Waals surface area (Å²) in [7, 11) is 0. The molecule has 150 valence electrons. The highest BCUT2D eigenvalue weighted by Gasteiger charge is 2.22. The predicted molar refractivity (Wildman–Crippen MR) is 111 cm³/mol. The number of aryl methyl sites for hydroxylation is 1. The maximum atomic E-state index is 12.4. The van der Waals surface area contributed by atoms with Gasteiger partial charge in [-0.2, -0.15) is 0 Å². The summed E-state index contributed by atoms with van der Waals surface area (Å²) in [6.45, 7) is 4.49. The second kappa shape index (κ2) is 7.99. The third kappa shape index (κ3) is 3.97. The van der Waals surface area contributed by atoms with Crippen molar-refractivity contribution < 1.29 is 18.7 Å². The first-order valence-corrected chi connectivity index (χ1v) is 9.83. The zero-order chi connectivity index (χ0) is 20.4. The molecular weight excluding hydrogens is 368 g/mol. The van der Waals surface area contributed by atoms with Gasteiger partial charge in [-0.25, -0.2) is 0 Å². The molecule has 29 heavy (non-hydrogen) atoms. The molecule has 2 aromatic carbocycles. The van der Waals surface area contributed by atoms with Crippen LogP contribution in [0.3, 0.4) is 0 Å². The fourth-order valence-corrected chi connectivity index (χ4v) is 3.77. The number of nitrogens with zero attached hydrogens (tertiary/aromatic N) is 1. The van der Waals surface area contributed by atoms with Gasteiger partial charge in [-0.3, -0.25) is 9.59 Å². The average molecular weight is 392 g/mol. The number of furan rings is 1. The quantitative estimate of drug-likeness (QED) is 0.685. The highest BCUT2D eigenvalue weighted by atomic mass is 16.5. The van der Waals surface area contributed by atoms with E-state index in [1.807, 2.05) is 50.2 Å². The molecule has 2 amide bonds. The van der Waals surface area contributed by atoms with Crippen LogP contribution in [-0.2, 0) is 9.59 Å². The lowest BCUT2D eigenvalue weighted by Crippen LogP contribution is -2.31. The number of anilines is 1.